The average Bonchev–Trinajstić information content (AvgIpc) is 3.92. The number of nitrogens with two attached hydrogens (primary N) is 1. The van der Waals surface area contributed by atoms with Crippen molar-refractivity contribution in [1.29, 1.82) is 0 Å². The lowest BCUT2D eigenvalue weighted by molar-refractivity contribution is -0.340. The number of allylic oxidation sites excluding steroid dienone is 2. The van der Waals surface area contributed by atoms with Crippen molar-refractivity contribution in [2.45, 2.75) is 160 Å². The highest BCUT2D eigenvalue weighted by molar-refractivity contribution is 5.82. The van der Waals surface area contributed by atoms with Gasteiger partial charge in [-0.25, -0.2) is 4.98 Å². The van der Waals surface area contributed by atoms with E-state index in [4.69, 9.17) is 15.2 Å². The number of aliphatic carboxylic acids is 1. The van der Waals surface area contributed by atoms with E-state index >= 15 is 0 Å². The summed E-state index contributed by atoms with van der Waals surface area (Å²) in [4.78, 5) is 35.2. The number of hydrogen-bond donors (Lipinski definition) is 11. The molecule has 1 aromatic heterocycles. The van der Waals surface area contributed by atoms with E-state index in [0.29, 0.717) is 70.8 Å². The summed E-state index contributed by atoms with van der Waals surface area (Å²) in [5.41, 5.74) is 4.10. The maximum atomic E-state index is 14.2. The summed E-state index contributed by atoms with van der Waals surface area (Å²) in [5.74, 6) is -3.31. The minimum absolute atomic E-state index is 0.0158. The fraction of sp³-hybridized carbons (Fsp3) is 0.857. The average molecular weight is 915 g/mol. The van der Waals surface area contributed by atoms with Crippen LogP contribution in [0.1, 0.15) is 123 Å². The predicted octanol–water partition coefficient (Wildman–Crippen LogP) is 2.59. The standard InChI is InChI=1S/C49H78N4O12/c1-44(23-55)13-15-49(43(62)63)16-14-46(3)29(31(49)20-44)8-9-35-47(46,4)12-10-34-45(2,24-56)40(65-42-39(60)38(59)33(57)22-64-42)37(58)30(48(34,35)5)19-28-26(11-18-54)41(61)53-36(28)27(7-6-17-50)32-21-51-25-52-32/h8,21,25-28,30-31,33-40,42,54-60H,6-7,9-20,22-24,50H2,1-5H3,(H,51,52)(H,53,61)(H,62,63). The second-order valence-corrected chi connectivity index (χ2v) is 23.0. The van der Waals surface area contributed by atoms with Crippen LogP contribution in [0.4, 0.5) is 0 Å². The summed E-state index contributed by atoms with van der Waals surface area (Å²) >= 11 is 0. The molecule has 0 radical (unpaired) electrons. The van der Waals surface area contributed by atoms with Gasteiger partial charge in [0.05, 0.1) is 37.2 Å². The van der Waals surface area contributed by atoms with Gasteiger partial charge in [-0.05, 0) is 135 Å². The maximum absolute atomic E-state index is 14.2. The third kappa shape index (κ3) is 7.40. The van der Waals surface area contributed by atoms with Crippen LogP contribution in [-0.4, -0.2) is 139 Å². The van der Waals surface area contributed by atoms with E-state index in [9.17, 15) is 50.4 Å². The number of carbonyl (C=O) groups is 2. The monoisotopic (exact) mass is 915 g/mol. The molecule has 16 nitrogen and oxygen atoms in total. The van der Waals surface area contributed by atoms with Crippen molar-refractivity contribution in [3.05, 3.63) is 29.9 Å². The Morgan fingerprint density at radius 1 is 0.985 bits per heavy atom. The lowest BCUT2D eigenvalue weighted by Crippen LogP contribution is -2.72. The second kappa shape index (κ2) is 17.8. The molecule has 0 bridgehead atoms. The van der Waals surface area contributed by atoms with E-state index in [-0.39, 0.29) is 68.3 Å². The molecule has 1 amide bonds. The number of aliphatic hydroxyl groups is 7. The van der Waals surface area contributed by atoms with Gasteiger partial charge in [0.15, 0.2) is 6.29 Å². The molecule has 1 aromatic rings. The van der Waals surface area contributed by atoms with E-state index in [1.807, 2.05) is 6.92 Å². The zero-order valence-electron chi connectivity index (χ0n) is 39.1. The lowest BCUT2D eigenvalue weighted by Gasteiger charge is -2.73. The molecule has 2 saturated heterocycles. The molecule has 366 valence electrons. The summed E-state index contributed by atoms with van der Waals surface area (Å²) in [5, 5.41) is 92.7. The number of carboxylic acids is 1. The van der Waals surface area contributed by atoms with E-state index < -0.39 is 93.1 Å². The summed E-state index contributed by atoms with van der Waals surface area (Å²) in [6, 6.07) is -0.411. The van der Waals surface area contributed by atoms with Crippen LogP contribution < -0.4 is 11.1 Å². The van der Waals surface area contributed by atoms with Crippen molar-refractivity contribution in [3.63, 3.8) is 0 Å². The number of nitrogens with zero attached hydrogens (tertiary/aromatic N) is 1. The Morgan fingerprint density at radius 3 is 2.37 bits per heavy atom. The Balaban J connectivity index is 1.27. The van der Waals surface area contributed by atoms with E-state index in [1.165, 1.54) is 5.57 Å². The zero-order valence-corrected chi connectivity index (χ0v) is 39.1. The van der Waals surface area contributed by atoms with Gasteiger partial charge >= 0.3 is 5.97 Å². The van der Waals surface area contributed by atoms with Gasteiger partial charge in [-0.2, -0.15) is 0 Å². The molecule has 12 N–H and O–H groups in total. The Kier molecular flexibility index (Phi) is 13.4. The molecule has 8 rings (SSSR count). The molecule has 65 heavy (non-hydrogen) atoms. The fourth-order valence-corrected chi connectivity index (χ4v) is 16.2. The van der Waals surface area contributed by atoms with Crippen molar-refractivity contribution < 1.29 is 59.9 Å². The van der Waals surface area contributed by atoms with Gasteiger partial charge in [-0.15, -0.1) is 0 Å². The molecule has 0 spiro atoms. The van der Waals surface area contributed by atoms with Crippen LogP contribution in [0, 0.1) is 68.0 Å². The van der Waals surface area contributed by atoms with Crippen LogP contribution in [0.25, 0.3) is 0 Å². The van der Waals surface area contributed by atoms with Crippen LogP contribution in [0.5, 0.6) is 0 Å². The number of nitrogens with one attached hydrogen (secondary N) is 2. The van der Waals surface area contributed by atoms with Crippen LogP contribution in [-0.2, 0) is 19.1 Å². The highest BCUT2D eigenvalue weighted by Gasteiger charge is 2.74. The third-order valence-corrected chi connectivity index (χ3v) is 20.2. The Labute approximate surface area is 383 Å². The number of H-pyrrole nitrogens is 1. The molecule has 4 saturated carbocycles. The topological polar surface area (TPSA) is 281 Å². The van der Waals surface area contributed by atoms with Crippen molar-refractivity contribution in [2.75, 3.05) is 33.0 Å². The zero-order chi connectivity index (χ0) is 47.1. The molecule has 3 heterocycles. The molecule has 5 aliphatic carbocycles. The van der Waals surface area contributed by atoms with Crippen LogP contribution in [0.3, 0.4) is 0 Å². The smallest absolute Gasteiger partial charge is 0.310 e. The number of hydrogen-bond acceptors (Lipinski definition) is 13. The number of aliphatic hydroxyl groups excluding tert-OH is 7. The summed E-state index contributed by atoms with van der Waals surface area (Å²) in [6.07, 6.45) is 4.11. The molecule has 20 unspecified atom stereocenters. The minimum Gasteiger partial charge on any atom is -0.481 e. The normalized spacial score (nSPS) is 48.8. The Morgan fingerprint density at radius 2 is 1.72 bits per heavy atom. The van der Waals surface area contributed by atoms with Gasteiger partial charge in [-0.1, -0.05) is 46.3 Å². The highest BCUT2D eigenvalue weighted by atomic mass is 16.7. The minimum atomic E-state index is -1.64. The molecule has 6 fully saturated rings. The van der Waals surface area contributed by atoms with Crippen molar-refractivity contribution >= 4 is 11.9 Å². The van der Waals surface area contributed by atoms with E-state index in [2.05, 4.69) is 49.1 Å². The van der Waals surface area contributed by atoms with Gasteiger partial charge in [0.25, 0.3) is 0 Å². The third-order valence-electron chi connectivity index (χ3n) is 20.2. The van der Waals surface area contributed by atoms with Crippen LogP contribution >= 0.6 is 0 Å². The molecular weight excluding hydrogens is 837 g/mol. The number of imidazole rings is 1. The van der Waals surface area contributed by atoms with Crippen molar-refractivity contribution in [2.24, 2.45) is 73.7 Å². The highest BCUT2D eigenvalue weighted by Crippen LogP contribution is 2.77. The second-order valence-electron chi connectivity index (χ2n) is 23.0. The number of rotatable bonds is 14. The first-order valence-electron chi connectivity index (χ1n) is 24.5. The molecular formula is C49H78N4O12. The van der Waals surface area contributed by atoms with E-state index in [1.54, 1.807) is 12.5 Å². The van der Waals surface area contributed by atoms with E-state index in [0.717, 1.165) is 12.1 Å². The SMILES string of the molecule is CC1(CO)CCC2(C(=O)O)CCC3(C)C(=CCC4C5(C)C(CC6C(CCO)C(=O)NC6C(CCCN)c6cnc[nH]6)C(O)C(OC6OCC(O)C(O)C6O)C(C)(CO)C5CCC43C)C2C1. The first-order chi connectivity index (χ1) is 30.7. The van der Waals surface area contributed by atoms with Gasteiger partial charge in [0.2, 0.25) is 5.91 Å². The number of aromatic amines is 1. The van der Waals surface area contributed by atoms with Crippen LogP contribution in [0.15, 0.2) is 24.2 Å². The number of amides is 1. The first-order valence-corrected chi connectivity index (χ1v) is 24.5. The molecule has 7 aliphatic rings. The van der Waals surface area contributed by atoms with Gasteiger partial charge < -0.3 is 66.4 Å². The number of fused-ring (bicyclic) bond motifs is 7. The molecule has 16 heteroatoms. The molecule has 20 atom stereocenters. The van der Waals surface area contributed by atoms with Gasteiger partial charge in [0.1, 0.15) is 18.3 Å². The number of carbonyl (C=O) groups excluding carboxylic acids is 1. The summed E-state index contributed by atoms with van der Waals surface area (Å²) < 4.78 is 12.5. The lowest BCUT2D eigenvalue weighted by atomic mass is 9.31. The molecule has 0 aromatic carbocycles. The maximum Gasteiger partial charge on any atom is 0.310 e. The van der Waals surface area contributed by atoms with Crippen molar-refractivity contribution in [3.8, 4) is 0 Å². The number of ether oxygens (including phenoxy) is 2. The summed E-state index contributed by atoms with van der Waals surface area (Å²) in [7, 11) is 0. The Bertz CT molecular complexity index is 1920. The van der Waals surface area contributed by atoms with Crippen LogP contribution in [0.2, 0.25) is 0 Å². The largest absolute Gasteiger partial charge is 0.481 e. The fourth-order valence-electron chi connectivity index (χ4n) is 16.2. The van der Waals surface area contributed by atoms with Gasteiger partial charge in [-0.3, -0.25) is 9.59 Å². The number of aromatic nitrogens is 2. The predicted molar refractivity (Wildman–Crippen MR) is 237 cm³/mol. The quantitative estimate of drug-likeness (QED) is 0.0946. The Hall–Kier alpha value is -2.51. The van der Waals surface area contributed by atoms with Gasteiger partial charge in [0, 0.05) is 48.4 Å². The summed E-state index contributed by atoms with van der Waals surface area (Å²) in [6.45, 7) is 10.4. The van der Waals surface area contributed by atoms with Crippen molar-refractivity contribution in [1.82, 2.24) is 15.3 Å². The first kappa shape index (κ1) is 48.9. The number of carboxylic acid groups (broad SMARTS) is 1. The molecule has 2 aliphatic heterocycles.